The zero-order valence-electron chi connectivity index (χ0n) is 12.1. The Morgan fingerprint density at radius 2 is 2.19 bits per heavy atom. The number of nitro groups is 1. The summed E-state index contributed by atoms with van der Waals surface area (Å²) in [6, 6.07) is 5.40. The zero-order chi connectivity index (χ0) is 15.2. The molecule has 116 valence electrons. The summed E-state index contributed by atoms with van der Waals surface area (Å²) in [5.41, 5.74) is 0.929. The molecule has 0 bridgehead atoms. The molecule has 0 aromatic heterocycles. The summed E-state index contributed by atoms with van der Waals surface area (Å²) in [6.07, 6.45) is 1.97. The van der Waals surface area contributed by atoms with Crippen LogP contribution in [0.1, 0.15) is 12.8 Å². The lowest BCUT2D eigenvalue weighted by Gasteiger charge is -2.34. The third-order valence-corrected chi connectivity index (χ3v) is 3.76. The molecule has 1 aliphatic heterocycles. The van der Waals surface area contributed by atoms with E-state index in [4.69, 9.17) is 9.84 Å². The Bertz CT molecular complexity index is 487. The second-order valence-corrected chi connectivity index (χ2v) is 5.05. The smallest absolute Gasteiger partial charge is 0.311 e. The number of methoxy groups -OCH3 is 1. The van der Waals surface area contributed by atoms with Gasteiger partial charge in [-0.2, -0.15) is 0 Å². The lowest BCUT2D eigenvalue weighted by atomic mass is 10.0. The second-order valence-electron chi connectivity index (χ2n) is 5.05. The Labute approximate surface area is 123 Å². The van der Waals surface area contributed by atoms with Crippen LogP contribution in [0.15, 0.2) is 18.2 Å². The van der Waals surface area contributed by atoms with E-state index in [1.807, 2.05) is 0 Å². The van der Waals surface area contributed by atoms with Crippen LogP contribution in [0.3, 0.4) is 0 Å². The number of nitrogens with one attached hydrogen (secondary N) is 1. The zero-order valence-corrected chi connectivity index (χ0v) is 12.1. The number of rotatable bonds is 6. The van der Waals surface area contributed by atoms with E-state index in [1.54, 1.807) is 12.1 Å². The van der Waals surface area contributed by atoms with Crippen molar-refractivity contribution in [2.24, 2.45) is 0 Å². The van der Waals surface area contributed by atoms with Crippen molar-refractivity contribution in [2.75, 3.05) is 38.3 Å². The van der Waals surface area contributed by atoms with Crippen molar-refractivity contribution in [3.8, 4) is 5.75 Å². The topological polar surface area (TPSA) is 87.9 Å². The highest BCUT2D eigenvalue weighted by Crippen LogP contribution is 2.32. The van der Waals surface area contributed by atoms with E-state index < -0.39 is 4.92 Å². The molecule has 1 fully saturated rings. The summed E-state index contributed by atoms with van der Waals surface area (Å²) in [6.45, 7) is 2.53. The lowest BCUT2D eigenvalue weighted by molar-refractivity contribution is -0.385. The van der Waals surface area contributed by atoms with Crippen LogP contribution in [-0.4, -0.2) is 49.4 Å². The molecule has 0 aliphatic carbocycles. The Kier molecular flexibility index (Phi) is 5.35. The molecule has 2 N–H and O–H groups in total. The summed E-state index contributed by atoms with van der Waals surface area (Å²) in [5.74, 6) is 0.290. The van der Waals surface area contributed by atoms with Gasteiger partial charge >= 0.3 is 5.69 Å². The molecule has 0 radical (unpaired) electrons. The van der Waals surface area contributed by atoms with Gasteiger partial charge in [-0.3, -0.25) is 10.1 Å². The summed E-state index contributed by atoms with van der Waals surface area (Å²) in [7, 11) is 1.44. The van der Waals surface area contributed by atoms with Crippen molar-refractivity contribution in [2.45, 2.75) is 18.9 Å². The molecule has 1 aromatic rings. The van der Waals surface area contributed by atoms with Gasteiger partial charge in [-0.15, -0.1) is 0 Å². The molecular weight excluding hydrogens is 274 g/mol. The number of hydrogen-bond acceptors (Lipinski definition) is 6. The first-order valence-electron chi connectivity index (χ1n) is 7.07. The fourth-order valence-electron chi connectivity index (χ4n) is 2.62. The van der Waals surface area contributed by atoms with Gasteiger partial charge in [0.1, 0.15) is 0 Å². The van der Waals surface area contributed by atoms with E-state index in [9.17, 15) is 10.1 Å². The average Bonchev–Trinajstić information content (AvgIpc) is 2.52. The normalized spacial score (nSPS) is 16.0. The van der Waals surface area contributed by atoms with Crippen molar-refractivity contribution in [1.82, 2.24) is 5.32 Å². The molecule has 2 rings (SSSR count). The highest BCUT2D eigenvalue weighted by Gasteiger charge is 2.21. The van der Waals surface area contributed by atoms with Gasteiger partial charge in [0.15, 0.2) is 5.75 Å². The predicted molar refractivity (Wildman–Crippen MR) is 80.0 cm³/mol. The quantitative estimate of drug-likeness (QED) is 0.605. The van der Waals surface area contributed by atoms with E-state index in [1.165, 1.54) is 13.2 Å². The van der Waals surface area contributed by atoms with Gasteiger partial charge in [0.2, 0.25) is 0 Å². The molecule has 7 nitrogen and oxygen atoms in total. The van der Waals surface area contributed by atoms with Crippen LogP contribution >= 0.6 is 0 Å². The van der Waals surface area contributed by atoms with Gasteiger partial charge < -0.3 is 20.1 Å². The molecule has 0 saturated carbocycles. The number of nitro benzene ring substituents is 1. The molecule has 0 spiro atoms. The maximum absolute atomic E-state index is 10.9. The molecule has 1 aromatic carbocycles. The number of ether oxygens (including phenoxy) is 1. The summed E-state index contributed by atoms with van der Waals surface area (Å²) in [4.78, 5) is 12.7. The van der Waals surface area contributed by atoms with Crippen molar-refractivity contribution in [3.05, 3.63) is 28.3 Å². The lowest BCUT2D eigenvalue weighted by Crippen LogP contribution is -2.43. The molecule has 1 heterocycles. The van der Waals surface area contributed by atoms with Crippen molar-refractivity contribution < 1.29 is 14.8 Å². The van der Waals surface area contributed by atoms with Crippen LogP contribution in [0.5, 0.6) is 5.75 Å². The second kappa shape index (κ2) is 7.24. The molecule has 1 saturated heterocycles. The van der Waals surface area contributed by atoms with Gasteiger partial charge in [0.25, 0.3) is 0 Å². The molecule has 1 aliphatic rings. The van der Waals surface area contributed by atoms with Crippen LogP contribution in [-0.2, 0) is 0 Å². The van der Waals surface area contributed by atoms with E-state index in [2.05, 4.69) is 10.2 Å². The summed E-state index contributed by atoms with van der Waals surface area (Å²) in [5, 5.41) is 23.0. The van der Waals surface area contributed by atoms with Crippen LogP contribution in [0.2, 0.25) is 0 Å². The Hall–Kier alpha value is -1.86. The fourth-order valence-corrected chi connectivity index (χ4v) is 2.62. The highest BCUT2D eigenvalue weighted by molar-refractivity contribution is 5.59. The molecule has 7 heteroatoms. The number of anilines is 1. The number of aliphatic hydroxyl groups is 1. The number of piperidine rings is 1. The first-order chi connectivity index (χ1) is 10.2. The summed E-state index contributed by atoms with van der Waals surface area (Å²) >= 11 is 0. The van der Waals surface area contributed by atoms with E-state index in [0.717, 1.165) is 31.6 Å². The van der Waals surface area contributed by atoms with E-state index >= 15 is 0 Å². The van der Waals surface area contributed by atoms with Crippen LogP contribution in [0, 0.1) is 10.1 Å². The van der Waals surface area contributed by atoms with Gasteiger partial charge in [-0.05, 0) is 18.9 Å². The monoisotopic (exact) mass is 295 g/mol. The maximum atomic E-state index is 10.9. The fraction of sp³-hybridized carbons (Fsp3) is 0.571. The van der Waals surface area contributed by atoms with Gasteiger partial charge in [-0.25, -0.2) is 0 Å². The third-order valence-electron chi connectivity index (χ3n) is 3.76. The van der Waals surface area contributed by atoms with E-state index in [-0.39, 0.29) is 18.0 Å². The molecule has 0 unspecified atom stereocenters. The average molecular weight is 295 g/mol. The molecule has 21 heavy (non-hydrogen) atoms. The maximum Gasteiger partial charge on any atom is 0.311 e. The van der Waals surface area contributed by atoms with Crippen molar-refractivity contribution in [1.29, 1.82) is 0 Å². The van der Waals surface area contributed by atoms with Crippen molar-refractivity contribution >= 4 is 11.4 Å². The Morgan fingerprint density at radius 3 is 2.76 bits per heavy atom. The third kappa shape index (κ3) is 3.83. The standard InChI is InChI=1S/C14H21N3O4/c1-21-14-10-12(2-3-13(14)17(19)20)16-7-4-11(5-8-16)15-6-9-18/h2-3,10-11,15,18H,4-9H2,1H3. The predicted octanol–water partition coefficient (Wildman–Crippen LogP) is 1.15. The van der Waals surface area contributed by atoms with E-state index in [0.29, 0.717) is 12.6 Å². The SMILES string of the molecule is COc1cc(N2CCC(NCCO)CC2)ccc1[N+](=O)[O-]. The van der Waals surface area contributed by atoms with Crippen molar-refractivity contribution in [3.63, 3.8) is 0 Å². The van der Waals surface area contributed by atoms with Gasteiger partial charge in [-0.1, -0.05) is 0 Å². The van der Waals surface area contributed by atoms with Gasteiger partial charge in [0.05, 0.1) is 18.6 Å². The van der Waals surface area contributed by atoms with Crippen LogP contribution in [0.25, 0.3) is 0 Å². The summed E-state index contributed by atoms with van der Waals surface area (Å²) < 4.78 is 5.10. The largest absolute Gasteiger partial charge is 0.490 e. The minimum atomic E-state index is -0.437. The number of aliphatic hydroxyl groups excluding tert-OH is 1. The number of nitrogens with zero attached hydrogens (tertiary/aromatic N) is 2. The molecular formula is C14H21N3O4. The highest BCUT2D eigenvalue weighted by atomic mass is 16.6. The van der Waals surface area contributed by atoms with Crippen LogP contribution in [0.4, 0.5) is 11.4 Å². The number of benzene rings is 1. The van der Waals surface area contributed by atoms with Gasteiger partial charge in [0, 0.05) is 43.5 Å². The van der Waals surface area contributed by atoms with Crippen LogP contribution < -0.4 is 15.0 Å². The first-order valence-corrected chi connectivity index (χ1v) is 7.07. The molecule has 0 amide bonds. The Balaban J connectivity index is 2.02. The molecule has 0 atom stereocenters. The minimum Gasteiger partial charge on any atom is -0.490 e. The first kappa shape index (κ1) is 15.5. The number of hydrogen-bond donors (Lipinski definition) is 2. The minimum absolute atomic E-state index is 0.0132. The Morgan fingerprint density at radius 1 is 1.48 bits per heavy atom.